The highest BCUT2D eigenvalue weighted by atomic mass is 19.4. The second-order valence-corrected chi connectivity index (χ2v) is 8.26. The van der Waals surface area contributed by atoms with Gasteiger partial charge in [-0.3, -0.25) is 19.2 Å². The Kier molecular flexibility index (Phi) is 9.91. The third kappa shape index (κ3) is 8.72. The van der Waals surface area contributed by atoms with Crippen LogP contribution in [-0.2, 0) is 35.8 Å². The average molecular weight is 583 g/mol. The zero-order valence-corrected chi connectivity index (χ0v) is 21.1. The molecule has 220 valence electrons. The molecule has 41 heavy (non-hydrogen) atoms. The van der Waals surface area contributed by atoms with Crippen molar-refractivity contribution >= 4 is 29.6 Å². The van der Waals surface area contributed by atoms with Gasteiger partial charge in [0.25, 0.3) is 17.7 Å². The van der Waals surface area contributed by atoms with Gasteiger partial charge in [0.2, 0.25) is 5.91 Å². The minimum absolute atomic E-state index is 0.0155. The summed E-state index contributed by atoms with van der Waals surface area (Å²) in [5.74, 6) is -3.42. The number of nitrogens with one attached hydrogen (secondary N) is 4. The molecule has 1 aliphatic heterocycles. The molecular formula is C24H24F3N5O9. The van der Waals surface area contributed by atoms with Gasteiger partial charge in [0.15, 0.2) is 17.3 Å². The molecule has 0 unspecified atom stereocenters. The zero-order valence-electron chi connectivity index (χ0n) is 21.1. The van der Waals surface area contributed by atoms with E-state index in [9.17, 15) is 32.3 Å². The van der Waals surface area contributed by atoms with Crippen LogP contribution >= 0.6 is 0 Å². The fourth-order valence-electron chi connectivity index (χ4n) is 3.24. The summed E-state index contributed by atoms with van der Waals surface area (Å²) in [6.07, 6.45) is -4.93. The van der Waals surface area contributed by atoms with Crippen LogP contribution in [0.25, 0.3) is 0 Å². The molecule has 17 heteroatoms. The highest BCUT2D eigenvalue weighted by Gasteiger charge is 2.38. The van der Waals surface area contributed by atoms with E-state index in [-0.39, 0.29) is 62.3 Å². The van der Waals surface area contributed by atoms with E-state index in [0.29, 0.717) is 22.8 Å². The number of carboxylic acid groups (broad SMARTS) is 1. The van der Waals surface area contributed by atoms with Gasteiger partial charge in [-0.25, -0.2) is 4.79 Å². The van der Waals surface area contributed by atoms with Crippen molar-refractivity contribution in [3.63, 3.8) is 0 Å². The minimum Gasteiger partial charge on any atom is -0.475 e. The van der Waals surface area contributed by atoms with Gasteiger partial charge in [-0.05, 0) is 30.3 Å². The molecule has 4 heterocycles. The Balaban J connectivity index is 0.000000587. The van der Waals surface area contributed by atoms with Gasteiger partial charge in [0.05, 0.1) is 19.6 Å². The third-order valence-corrected chi connectivity index (χ3v) is 5.24. The summed E-state index contributed by atoms with van der Waals surface area (Å²) >= 11 is 0. The topological polar surface area (TPSA) is 219 Å². The number of hydrogen-bond donors (Lipinski definition) is 6. The number of carbonyl (C=O) groups is 5. The summed E-state index contributed by atoms with van der Waals surface area (Å²) in [4.78, 5) is 58.1. The fraction of sp³-hybridized carbons (Fsp3) is 0.292. The first-order valence-corrected chi connectivity index (χ1v) is 11.8. The van der Waals surface area contributed by atoms with Crippen LogP contribution in [-0.4, -0.2) is 47.4 Å². The lowest BCUT2D eigenvalue weighted by Crippen LogP contribution is -2.26. The average Bonchev–Trinajstić information content (AvgIpc) is 3.67. The van der Waals surface area contributed by atoms with Crippen molar-refractivity contribution < 1.29 is 55.5 Å². The normalized spacial score (nSPS) is 13.9. The molecular weight excluding hydrogens is 559 g/mol. The van der Waals surface area contributed by atoms with Gasteiger partial charge in [0, 0.05) is 25.1 Å². The Labute approximate surface area is 228 Å². The quantitative estimate of drug-likeness (QED) is 0.257. The maximum Gasteiger partial charge on any atom is 0.490 e. The molecule has 0 aliphatic carbocycles. The molecule has 3 aromatic rings. The molecule has 0 aromatic carbocycles. The molecule has 0 saturated carbocycles. The minimum atomic E-state index is -5.08. The van der Waals surface area contributed by atoms with Gasteiger partial charge in [-0.2, -0.15) is 13.2 Å². The molecule has 0 saturated heterocycles. The van der Waals surface area contributed by atoms with E-state index < -0.39 is 29.9 Å². The molecule has 4 rings (SSSR count). The van der Waals surface area contributed by atoms with Crippen LogP contribution in [0.15, 0.2) is 43.6 Å². The monoisotopic (exact) mass is 583 g/mol. The van der Waals surface area contributed by atoms with Crippen LogP contribution in [0.3, 0.4) is 0 Å². The molecule has 0 spiro atoms. The Hall–Kier alpha value is -5.06. The molecule has 1 aliphatic rings. The number of hydrogen-bond acceptors (Lipinski definition) is 9. The lowest BCUT2D eigenvalue weighted by Gasteiger charge is -2.06. The predicted molar refractivity (Wildman–Crippen MR) is 129 cm³/mol. The summed E-state index contributed by atoms with van der Waals surface area (Å²) in [6, 6.07) is 7.59. The summed E-state index contributed by atoms with van der Waals surface area (Å²) in [5, 5.41) is 17.8. The second-order valence-electron chi connectivity index (χ2n) is 8.26. The largest absolute Gasteiger partial charge is 0.490 e. The van der Waals surface area contributed by atoms with Crippen LogP contribution in [0.1, 0.15) is 60.9 Å². The smallest absolute Gasteiger partial charge is 0.475 e. The maximum atomic E-state index is 12.6. The Morgan fingerprint density at radius 3 is 1.83 bits per heavy atom. The van der Waals surface area contributed by atoms with E-state index in [1.807, 2.05) is 0 Å². The zero-order chi connectivity index (χ0) is 30.2. The predicted octanol–water partition coefficient (Wildman–Crippen LogP) is 1.17. The van der Waals surface area contributed by atoms with E-state index >= 15 is 0 Å². The molecule has 0 atom stereocenters. The number of halogens is 3. The number of rotatable bonds is 4. The van der Waals surface area contributed by atoms with Crippen molar-refractivity contribution in [1.82, 2.24) is 21.3 Å². The number of alkyl halides is 3. The van der Waals surface area contributed by atoms with E-state index in [2.05, 4.69) is 21.3 Å². The number of fused-ring (bicyclic) bond motifs is 6. The fourth-order valence-corrected chi connectivity index (χ4v) is 3.24. The molecule has 7 N–H and O–H groups in total. The first-order chi connectivity index (χ1) is 19.4. The molecule has 4 amide bonds. The highest BCUT2D eigenvalue weighted by Crippen LogP contribution is 2.18. The molecule has 14 nitrogen and oxygen atoms in total. The Bertz CT molecular complexity index is 1420. The van der Waals surface area contributed by atoms with Crippen molar-refractivity contribution in [2.75, 3.05) is 6.54 Å². The molecule has 6 bridgehead atoms. The summed E-state index contributed by atoms with van der Waals surface area (Å²) in [6.45, 7) is 0.300. The first-order valence-electron chi connectivity index (χ1n) is 11.8. The van der Waals surface area contributed by atoms with Crippen LogP contribution in [0.5, 0.6) is 0 Å². The van der Waals surface area contributed by atoms with Crippen LogP contribution in [0.4, 0.5) is 13.2 Å². The number of aliphatic carboxylic acids is 1. The maximum absolute atomic E-state index is 12.6. The van der Waals surface area contributed by atoms with Crippen molar-refractivity contribution in [3.8, 4) is 0 Å². The number of carboxylic acids is 1. The van der Waals surface area contributed by atoms with Crippen LogP contribution < -0.4 is 27.0 Å². The van der Waals surface area contributed by atoms with E-state index in [1.165, 1.54) is 18.2 Å². The van der Waals surface area contributed by atoms with Crippen molar-refractivity contribution in [2.45, 2.75) is 38.8 Å². The van der Waals surface area contributed by atoms with Crippen LogP contribution in [0.2, 0.25) is 0 Å². The number of nitrogens with two attached hydrogens (primary N) is 1. The standard InChI is InChI=1S/C22H23N5O7.C2HF3O2/c23-6-5-19(28)24-8-12-7-17-22(31)26-10-14-1-3-15(32-14)20(29)25-9-13-2-4-16(33-13)21(30)27-11-18(12)34-17;3-2(4,5)1(6)7/h1-4,7H,5-6,8-11,23H2,(H,24,28)(H,25,29)(H,26,31)(H,27,30);(H,6,7). The van der Waals surface area contributed by atoms with Crippen molar-refractivity contribution in [1.29, 1.82) is 0 Å². The SMILES string of the molecule is NCCC(=O)NCc1cc2oc1CNC(=O)c1ccc(o1)CNC(=O)c1ccc(o1)CNC2=O.O=C(O)C(F)(F)F. The molecule has 0 radical (unpaired) electrons. The van der Waals surface area contributed by atoms with Gasteiger partial charge in [0.1, 0.15) is 17.3 Å². The summed E-state index contributed by atoms with van der Waals surface area (Å²) in [7, 11) is 0. The Morgan fingerprint density at radius 2 is 1.34 bits per heavy atom. The lowest BCUT2D eigenvalue weighted by atomic mass is 10.2. The Morgan fingerprint density at radius 1 is 0.854 bits per heavy atom. The number of amides is 4. The second kappa shape index (κ2) is 13.3. The van der Waals surface area contributed by atoms with Crippen molar-refractivity contribution in [2.24, 2.45) is 5.73 Å². The summed E-state index contributed by atoms with van der Waals surface area (Å²) < 4.78 is 48.4. The van der Waals surface area contributed by atoms with Crippen molar-refractivity contribution in [3.05, 3.63) is 70.5 Å². The van der Waals surface area contributed by atoms with E-state index in [1.54, 1.807) is 12.1 Å². The van der Waals surface area contributed by atoms with Gasteiger partial charge >= 0.3 is 12.1 Å². The molecule has 3 aromatic heterocycles. The van der Waals surface area contributed by atoms with Crippen LogP contribution in [0, 0.1) is 0 Å². The number of furan rings is 3. The number of carbonyl (C=O) groups excluding carboxylic acids is 4. The van der Waals surface area contributed by atoms with E-state index in [0.717, 1.165) is 0 Å². The van der Waals surface area contributed by atoms with Gasteiger partial charge in [-0.1, -0.05) is 0 Å². The highest BCUT2D eigenvalue weighted by molar-refractivity contribution is 5.93. The van der Waals surface area contributed by atoms with E-state index in [4.69, 9.17) is 28.9 Å². The first kappa shape index (κ1) is 30.5. The lowest BCUT2D eigenvalue weighted by molar-refractivity contribution is -0.192. The third-order valence-electron chi connectivity index (χ3n) is 5.24. The van der Waals surface area contributed by atoms with Gasteiger partial charge < -0.3 is 45.4 Å². The summed E-state index contributed by atoms with van der Waals surface area (Å²) in [5.41, 5.74) is 5.91. The van der Waals surface area contributed by atoms with Gasteiger partial charge in [-0.15, -0.1) is 0 Å². The molecule has 0 fully saturated rings.